The molecule has 8 heteroatoms. The van der Waals surface area contributed by atoms with Crippen LogP contribution in [-0.2, 0) is 9.47 Å². The highest BCUT2D eigenvalue weighted by molar-refractivity contribution is 5.93. The highest BCUT2D eigenvalue weighted by atomic mass is 16.5. The van der Waals surface area contributed by atoms with E-state index in [1.165, 1.54) is 0 Å². The lowest BCUT2D eigenvalue weighted by molar-refractivity contribution is -0.00546. The fourth-order valence-corrected chi connectivity index (χ4v) is 3.54. The molecular formula is C20H25N5O3. The van der Waals surface area contributed by atoms with E-state index < -0.39 is 0 Å². The number of aromatic nitrogens is 4. The van der Waals surface area contributed by atoms with Crippen molar-refractivity contribution in [3.05, 3.63) is 30.6 Å². The Hall–Kier alpha value is -2.71. The van der Waals surface area contributed by atoms with E-state index >= 15 is 0 Å². The van der Waals surface area contributed by atoms with Crippen LogP contribution in [0, 0.1) is 0 Å². The molecule has 1 aliphatic heterocycles. The predicted molar refractivity (Wildman–Crippen MR) is 107 cm³/mol. The fraction of sp³-hybridized carbons (Fsp3) is 0.450. The Balaban J connectivity index is 1.63. The Labute approximate surface area is 163 Å². The molecule has 1 fully saturated rings. The number of hydrogen-bond donors (Lipinski definition) is 1. The summed E-state index contributed by atoms with van der Waals surface area (Å²) in [5, 5.41) is 8.51. The summed E-state index contributed by atoms with van der Waals surface area (Å²) in [6.07, 6.45) is 1.93. The number of anilines is 1. The lowest BCUT2D eigenvalue weighted by Gasteiger charge is -2.36. The maximum Gasteiger partial charge on any atom is 0.132 e. The van der Waals surface area contributed by atoms with E-state index in [0.717, 1.165) is 46.9 Å². The monoisotopic (exact) mass is 383 g/mol. The highest BCUT2D eigenvalue weighted by Crippen LogP contribution is 2.30. The number of benzene rings is 1. The highest BCUT2D eigenvalue weighted by Gasteiger charge is 2.24. The molecule has 1 saturated heterocycles. The van der Waals surface area contributed by atoms with E-state index in [0.29, 0.717) is 13.2 Å². The second-order valence-electron chi connectivity index (χ2n) is 7.04. The van der Waals surface area contributed by atoms with E-state index in [1.807, 2.05) is 24.3 Å². The molecule has 1 N–H and O–H groups in total. The van der Waals surface area contributed by atoms with Crippen LogP contribution in [-0.4, -0.2) is 65.8 Å². The summed E-state index contributed by atoms with van der Waals surface area (Å²) in [6.45, 7) is 6.82. The molecule has 2 atom stereocenters. The lowest BCUT2D eigenvalue weighted by atomic mass is 10.1. The minimum atomic E-state index is 0.167. The Kier molecular flexibility index (Phi) is 5.40. The van der Waals surface area contributed by atoms with Crippen molar-refractivity contribution in [3.8, 4) is 17.1 Å². The minimum absolute atomic E-state index is 0.167. The van der Waals surface area contributed by atoms with Gasteiger partial charge < -0.3 is 19.1 Å². The molecule has 0 amide bonds. The zero-order chi connectivity index (χ0) is 19.5. The second-order valence-corrected chi connectivity index (χ2v) is 7.04. The van der Waals surface area contributed by atoms with Crippen LogP contribution in [0.1, 0.15) is 13.8 Å². The number of ether oxygens (including phenoxy) is 3. The fourth-order valence-electron chi connectivity index (χ4n) is 3.54. The largest absolute Gasteiger partial charge is 0.491 e. The predicted octanol–water partition coefficient (Wildman–Crippen LogP) is 2.66. The Bertz CT molecular complexity index is 934. The number of hydrogen-bond acceptors (Lipinski definition) is 7. The van der Waals surface area contributed by atoms with Crippen LogP contribution in [0.25, 0.3) is 22.3 Å². The molecule has 148 valence electrons. The maximum atomic E-state index is 5.83. The van der Waals surface area contributed by atoms with Crippen LogP contribution in [0.2, 0.25) is 0 Å². The molecule has 8 nitrogen and oxygen atoms in total. The first-order valence-electron chi connectivity index (χ1n) is 9.46. The molecule has 0 saturated carbocycles. The van der Waals surface area contributed by atoms with Crippen LogP contribution in [0.15, 0.2) is 30.6 Å². The lowest BCUT2D eigenvalue weighted by Crippen LogP contribution is -2.45. The SMILES string of the molecule is COCCOc1ccc2[nH]nc(-c3cc(N4C[C@@H](C)O[C@@H](C)C4)ncn3)c2c1. The van der Waals surface area contributed by atoms with Gasteiger partial charge in [-0.25, -0.2) is 9.97 Å². The van der Waals surface area contributed by atoms with E-state index in [9.17, 15) is 0 Å². The van der Waals surface area contributed by atoms with Crippen molar-refractivity contribution >= 4 is 16.7 Å². The van der Waals surface area contributed by atoms with Crippen molar-refractivity contribution in [1.82, 2.24) is 20.2 Å². The first-order valence-corrected chi connectivity index (χ1v) is 9.46. The molecular weight excluding hydrogens is 358 g/mol. The van der Waals surface area contributed by atoms with Crippen LogP contribution in [0.5, 0.6) is 5.75 Å². The summed E-state index contributed by atoms with van der Waals surface area (Å²) in [5.74, 6) is 1.66. The molecule has 4 rings (SSSR count). The summed E-state index contributed by atoms with van der Waals surface area (Å²) in [4.78, 5) is 11.2. The molecule has 0 unspecified atom stereocenters. The molecule has 1 aromatic carbocycles. The first-order chi connectivity index (χ1) is 13.6. The van der Waals surface area contributed by atoms with Gasteiger partial charge in [0.1, 0.15) is 30.2 Å². The average Bonchev–Trinajstić information content (AvgIpc) is 3.11. The van der Waals surface area contributed by atoms with Crippen LogP contribution >= 0.6 is 0 Å². The van der Waals surface area contributed by atoms with Crippen molar-refractivity contribution < 1.29 is 14.2 Å². The van der Waals surface area contributed by atoms with Gasteiger partial charge in [-0.2, -0.15) is 5.10 Å². The number of methoxy groups -OCH3 is 1. The van der Waals surface area contributed by atoms with Crippen LogP contribution < -0.4 is 9.64 Å². The molecule has 0 radical (unpaired) electrons. The van der Waals surface area contributed by atoms with E-state index in [4.69, 9.17) is 14.2 Å². The Morgan fingerprint density at radius 1 is 1.14 bits per heavy atom. The number of H-pyrrole nitrogens is 1. The van der Waals surface area contributed by atoms with Gasteiger partial charge in [0.25, 0.3) is 0 Å². The third-order valence-electron chi connectivity index (χ3n) is 4.73. The smallest absolute Gasteiger partial charge is 0.132 e. The van der Waals surface area contributed by atoms with Gasteiger partial charge in [0.2, 0.25) is 0 Å². The van der Waals surface area contributed by atoms with Gasteiger partial charge in [-0.3, -0.25) is 5.10 Å². The number of rotatable bonds is 6. The third kappa shape index (κ3) is 3.93. The maximum absolute atomic E-state index is 5.83. The van der Waals surface area contributed by atoms with Gasteiger partial charge in [0.05, 0.1) is 30.0 Å². The minimum Gasteiger partial charge on any atom is -0.491 e. The molecule has 28 heavy (non-hydrogen) atoms. The second kappa shape index (κ2) is 8.12. The zero-order valence-corrected chi connectivity index (χ0v) is 16.4. The molecule has 0 spiro atoms. The number of aromatic amines is 1. The zero-order valence-electron chi connectivity index (χ0n) is 16.4. The van der Waals surface area contributed by atoms with E-state index in [-0.39, 0.29) is 12.2 Å². The van der Waals surface area contributed by atoms with E-state index in [1.54, 1.807) is 13.4 Å². The number of nitrogens with one attached hydrogen (secondary N) is 1. The number of nitrogens with zero attached hydrogens (tertiary/aromatic N) is 4. The normalized spacial score (nSPS) is 19.9. The van der Waals surface area contributed by atoms with Gasteiger partial charge in [-0.1, -0.05) is 0 Å². The Morgan fingerprint density at radius 2 is 1.96 bits per heavy atom. The molecule has 3 aromatic rings. The summed E-state index contributed by atoms with van der Waals surface area (Å²) < 4.78 is 16.6. The van der Waals surface area contributed by atoms with Gasteiger partial charge in [0, 0.05) is 31.7 Å². The summed E-state index contributed by atoms with van der Waals surface area (Å²) in [7, 11) is 1.66. The number of fused-ring (bicyclic) bond motifs is 1. The van der Waals surface area contributed by atoms with Gasteiger partial charge in [-0.05, 0) is 32.0 Å². The molecule has 2 aromatic heterocycles. The van der Waals surface area contributed by atoms with Crippen molar-refractivity contribution in [2.24, 2.45) is 0 Å². The third-order valence-corrected chi connectivity index (χ3v) is 4.73. The first kappa shape index (κ1) is 18.6. The van der Waals surface area contributed by atoms with Crippen molar-refractivity contribution in [1.29, 1.82) is 0 Å². The summed E-state index contributed by atoms with van der Waals surface area (Å²) in [5.41, 5.74) is 2.49. The van der Waals surface area contributed by atoms with Crippen molar-refractivity contribution in [3.63, 3.8) is 0 Å². The van der Waals surface area contributed by atoms with Crippen LogP contribution in [0.3, 0.4) is 0 Å². The van der Waals surface area contributed by atoms with Gasteiger partial charge in [-0.15, -0.1) is 0 Å². The molecule has 3 heterocycles. The van der Waals surface area contributed by atoms with Crippen LogP contribution in [0.4, 0.5) is 5.82 Å². The Morgan fingerprint density at radius 3 is 2.75 bits per heavy atom. The van der Waals surface area contributed by atoms with Crippen molar-refractivity contribution in [2.75, 3.05) is 38.3 Å². The van der Waals surface area contributed by atoms with Gasteiger partial charge in [0.15, 0.2) is 0 Å². The standard InChI is InChI=1S/C20H25N5O3/c1-13-10-25(11-14(2)28-13)19-9-18(21-12-22-19)20-16-8-15(27-7-6-26-3)4-5-17(16)23-24-20/h4-5,8-9,12-14H,6-7,10-11H2,1-3H3,(H,23,24)/t13-,14+. The topological polar surface area (TPSA) is 85.4 Å². The van der Waals surface area contributed by atoms with Gasteiger partial charge >= 0.3 is 0 Å². The quantitative estimate of drug-likeness (QED) is 0.655. The number of morpholine rings is 1. The summed E-state index contributed by atoms with van der Waals surface area (Å²) >= 11 is 0. The van der Waals surface area contributed by atoms with Crippen molar-refractivity contribution in [2.45, 2.75) is 26.1 Å². The average molecular weight is 383 g/mol. The van der Waals surface area contributed by atoms with E-state index in [2.05, 4.69) is 38.9 Å². The molecule has 1 aliphatic rings. The summed E-state index contributed by atoms with van der Waals surface area (Å²) in [6, 6.07) is 7.84. The molecule has 0 bridgehead atoms. The molecule has 0 aliphatic carbocycles.